The van der Waals surface area contributed by atoms with E-state index in [2.05, 4.69) is 26.1 Å². The molecule has 3 heteroatoms. The lowest BCUT2D eigenvalue weighted by atomic mass is 9.88. The number of ether oxygens (including phenoxy) is 1. The molecule has 1 saturated heterocycles. The summed E-state index contributed by atoms with van der Waals surface area (Å²) >= 11 is 0. The number of rotatable bonds is 0. The maximum absolute atomic E-state index is 5.58. The largest absolute Gasteiger partial charge is 0.375 e. The number of hydrogen-bond donors (Lipinski definition) is 1. The van der Waals surface area contributed by atoms with Gasteiger partial charge in [0, 0.05) is 13.1 Å². The van der Waals surface area contributed by atoms with Crippen molar-refractivity contribution in [2.45, 2.75) is 26.9 Å². The smallest absolute Gasteiger partial charge is 0.0748 e. The van der Waals surface area contributed by atoms with E-state index in [0.717, 1.165) is 19.7 Å². The topological polar surface area (TPSA) is 21.3 Å². The van der Waals surface area contributed by atoms with Crippen LogP contribution >= 0.6 is 12.4 Å². The van der Waals surface area contributed by atoms with E-state index < -0.39 is 0 Å². The predicted molar refractivity (Wildman–Crippen MR) is 49.3 cm³/mol. The highest BCUT2D eigenvalue weighted by Gasteiger charge is 2.26. The summed E-state index contributed by atoms with van der Waals surface area (Å²) in [7, 11) is 0. The van der Waals surface area contributed by atoms with Crippen LogP contribution in [0.1, 0.15) is 20.8 Å². The van der Waals surface area contributed by atoms with Gasteiger partial charge in [0.1, 0.15) is 0 Å². The Morgan fingerprint density at radius 2 is 2.00 bits per heavy atom. The minimum atomic E-state index is 0. The van der Waals surface area contributed by atoms with Crippen molar-refractivity contribution >= 4 is 12.4 Å². The van der Waals surface area contributed by atoms with Gasteiger partial charge in [-0.2, -0.15) is 0 Å². The van der Waals surface area contributed by atoms with E-state index in [1.165, 1.54) is 0 Å². The fraction of sp³-hybridized carbons (Fsp3) is 1.00. The Balaban J connectivity index is 0.000001000. The van der Waals surface area contributed by atoms with Gasteiger partial charge in [-0.3, -0.25) is 0 Å². The van der Waals surface area contributed by atoms with Gasteiger partial charge in [-0.05, 0) is 5.41 Å². The summed E-state index contributed by atoms with van der Waals surface area (Å²) in [5.74, 6) is 0. The molecule has 0 aliphatic carbocycles. The second-order valence-electron chi connectivity index (χ2n) is 3.93. The molecule has 1 unspecified atom stereocenters. The molecule has 0 aromatic heterocycles. The SMILES string of the molecule is CC(C)(C)C1CNCCO1.Cl. The molecule has 11 heavy (non-hydrogen) atoms. The highest BCUT2D eigenvalue weighted by Crippen LogP contribution is 2.22. The minimum absolute atomic E-state index is 0. The van der Waals surface area contributed by atoms with E-state index >= 15 is 0 Å². The van der Waals surface area contributed by atoms with Gasteiger partial charge in [0.2, 0.25) is 0 Å². The van der Waals surface area contributed by atoms with Crippen LogP contribution in [0.4, 0.5) is 0 Å². The molecule has 0 bridgehead atoms. The third-order valence-electron chi connectivity index (χ3n) is 1.89. The maximum atomic E-state index is 5.58. The summed E-state index contributed by atoms with van der Waals surface area (Å²) in [5, 5.41) is 3.32. The van der Waals surface area contributed by atoms with Crippen LogP contribution in [0, 0.1) is 5.41 Å². The van der Waals surface area contributed by atoms with Crippen LogP contribution in [0.5, 0.6) is 0 Å². The van der Waals surface area contributed by atoms with Crippen LogP contribution in [-0.4, -0.2) is 25.8 Å². The molecular weight excluding hydrogens is 162 g/mol. The molecule has 0 spiro atoms. The molecule has 2 nitrogen and oxygen atoms in total. The fourth-order valence-electron chi connectivity index (χ4n) is 1.12. The highest BCUT2D eigenvalue weighted by atomic mass is 35.5. The summed E-state index contributed by atoms with van der Waals surface area (Å²) in [4.78, 5) is 0. The Morgan fingerprint density at radius 1 is 1.36 bits per heavy atom. The molecule has 1 fully saturated rings. The highest BCUT2D eigenvalue weighted by molar-refractivity contribution is 5.85. The molecule has 0 amide bonds. The normalized spacial score (nSPS) is 25.9. The van der Waals surface area contributed by atoms with Crippen LogP contribution < -0.4 is 5.32 Å². The van der Waals surface area contributed by atoms with Crippen LogP contribution in [0.2, 0.25) is 0 Å². The summed E-state index contributed by atoms with van der Waals surface area (Å²) in [6, 6.07) is 0. The Labute approximate surface area is 75.1 Å². The zero-order chi connectivity index (χ0) is 7.61. The monoisotopic (exact) mass is 179 g/mol. The Kier molecular flexibility index (Phi) is 4.37. The van der Waals surface area contributed by atoms with Crippen molar-refractivity contribution in [2.24, 2.45) is 5.41 Å². The molecule has 1 atom stereocenters. The standard InChI is InChI=1S/C8H17NO.ClH/c1-8(2,3)7-6-9-4-5-10-7;/h7,9H,4-6H2,1-3H3;1H. The van der Waals surface area contributed by atoms with E-state index in [-0.39, 0.29) is 17.8 Å². The third-order valence-corrected chi connectivity index (χ3v) is 1.89. The van der Waals surface area contributed by atoms with Crippen LogP contribution in [0.3, 0.4) is 0 Å². The second-order valence-corrected chi connectivity index (χ2v) is 3.93. The predicted octanol–water partition coefficient (Wildman–Crippen LogP) is 1.44. The minimum Gasteiger partial charge on any atom is -0.375 e. The molecule has 0 aromatic carbocycles. The molecule has 68 valence electrons. The molecule has 1 aliphatic heterocycles. The molecule has 0 aromatic rings. The third kappa shape index (κ3) is 3.41. The first kappa shape index (κ1) is 11.2. The second kappa shape index (κ2) is 4.29. The van der Waals surface area contributed by atoms with Crippen molar-refractivity contribution in [3.05, 3.63) is 0 Å². The summed E-state index contributed by atoms with van der Waals surface area (Å²) in [6.45, 7) is 9.51. The first-order valence-electron chi connectivity index (χ1n) is 3.93. The van der Waals surface area contributed by atoms with E-state index in [1.807, 2.05) is 0 Å². The summed E-state index contributed by atoms with van der Waals surface area (Å²) in [5.41, 5.74) is 0.285. The van der Waals surface area contributed by atoms with Crippen molar-refractivity contribution < 1.29 is 4.74 Å². The molecule has 1 N–H and O–H groups in total. The van der Waals surface area contributed by atoms with Gasteiger partial charge in [-0.15, -0.1) is 12.4 Å². The van der Waals surface area contributed by atoms with Crippen molar-refractivity contribution in [1.82, 2.24) is 5.32 Å². The van der Waals surface area contributed by atoms with Gasteiger partial charge in [-0.1, -0.05) is 20.8 Å². The fourth-order valence-corrected chi connectivity index (χ4v) is 1.12. The molecular formula is C8H18ClNO. The Bertz CT molecular complexity index is 105. The van der Waals surface area contributed by atoms with Crippen molar-refractivity contribution in [3.8, 4) is 0 Å². The van der Waals surface area contributed by atoms with Crippen LogP contribution in [0.25, 0.3) is 0 Å². The quantitative estimate of drug-likeness (QED) is 0.608. The van der Waals surface area contributed by atoms with Crippen LogP contribution in [0.15, 0.2) is 0 Å². The number of hydrogen-bond acceptors (Lipinski definition) is 2. The van der Waals surface area contributed by atoms with Gasteiger partial charge >= 0.3 is 0 Å². The number of morpholine rings is 1. The van der Waals surface area contributed by atoms with Gasteiger partial charge in [0.25, 0.3) is 0 Å². The first-order valence-corrected chi connectivity index (χ1v) is 3.93. The van der Waals surface area contributed by atoms with Crippen molar-refractivity contribution in [2.75, 3.05) is 19.7 Å². The average molecular weight is 180 g/mol. The summed E-state index contributed by atoms with van der Waals surface area (Å²) < 4.78 is 5.58. The number of halogens is 1. The van der Waals surface area contributed by atoms with Gasteiger partial charge < -0.3 is 10.1 Å². The lowest BCUT2D eigenvalue weighted by Gasteiger charge is -2.34. The Morgan fingerprint density at radius 3 is 2.27 bits per heavy atom. The molecule has 1 heterocycles. The van der Waals surface area contributed by atoms with Crippen molar-refractivity contribution in [3.63, 3.8) is 0 Å². The zero-order valence-corrected chi connectivity index (χ0v) is 8.33. The van der Waals surface area contributed by atoms with E-state index in [1.54, 1.807) is 0 Å². The Hall–Kier alpha value is 0.210. The average Bonchev–Trinajstić information content (AvgIpc) is 1.88. The van der Waals surface area contributed by atoms with Crippen LogP contribution in [-0.2, 0) is 4.74 Å². The molecule has 1 aliphatic rings. The van der Waals surface area contributed by atoms with Crippen molar-refractivity contribution in [1.29, 1.82) is 0 Å². The van der Waals surface area contributed by atoms with Gasteiger partial charge in [0.05, 0.1) is 12.7 Å². The lowest BCUT2D eigenvalue weighted by Crippen LogP contribution is -2.45. The van der Waals surface area contributed by atoms with Gasteiger partial charge in [-0.25, -0.2) is 0 Å². The summed E-state index contributed by atoms with van der Waals surface area (Å²) in [6.07, 6.45) is 0.390. The molecule has 1 rings (SSSR count). The van der Waals surface area contributed by atoms with E-state index in [0.29, 0.717) is 6.10 Å². The van der Waals surface area contributed by atoms with Gasteiger partial charge in [0.15, 0.2) is 0 Å². The zero-order valence-electron chi connectivity index (χ0n) is 7.52. The number of nitrogens with one attached hydrogen (secondary N) is 1. The molecule has 0 saturated carbocycles. The lowest BCUT2D eigenvalue weighted by molar-refractivity contribution is -0.0361. The van der Waals surface area contributed by atoms with E-state index in [9.17, 15) is 0 Å². The molecule has 0 radical (unpaired) electrons. The maximum Gasteiger partial charge on any atom is 0.0748 e. The van der Waals surface area contributed by atoms with E-state index in [4.69, 9.17) is 4.74 Å². The first-order chi connectivity index (χ1) is 4.61.